The van der Waals surface area contributed by atoms with Crippen LogP contribution in [0.5, 0.6) is 0 Å². The predicted molar refractivity (Wildman–Crippen MR) is 53.0 cm³/mol. The first kappa shape index (κ1) is 10.3. The number of primary amides is 1. The van der Waals surface area contributed by atoms with E-state index >= 15 is 0 Å². The Labute approximate surface area is 82.3 Å². The third-order valence-electron chi connectivity index (χ3n) is 1.67. The molecule has 5 nitrogen and oxygen atoms in total. The molecule has 0 saturated heterocycles. The van der Waals surface area contributed by atoms with Crippen molar-refractivity contribution in [2.45, 2.75) is 6.42 Å². The van der Waals surface area contributed by atoms with Crippen LogP contribution in [0, 0.1) is 0 Å². The zero-order chi connectivity index (χ0) is 10.4. The lowest BCUT2D eigenvalue weighted by Crippen LogP contribution is -2.15. The van der Waals surface area contributed by atoms with Gasteiger partial charge in [0.05, 0.1) is 6.61 Å². The Balaban J connectivity index is 2.46. The van der Waals surface area contributed by atoms with E-state index < -0.39 is 6.09 Å². The van der Waals surface area contributed by atoms with Crippen LogP contribution >= 0.6 is 0 Å². The van der Waals surface area contributed by atoms with E-state index in [0.717, 1.165) is 11.5 Å². The molecular formula is C9H13N3O2. The fourth-order valence-electron chi connectivity index (χ4n) is 1.01. The number of nitrogens with one attached hydrogen (secondary N) is 1. The average Bonchev–Trinajstić information content (AvgIpc) is 2.18. The van der Waals surface area contributed by atoms with Gasteiger partial charge in [-0.2, -0.15) is 0 Å². The molecule has 14 heavy (non-hydrogen) atoms. The molecule has 0 bridgehead atoms. The molecule has 5 heteroatoms. The van der Waals surface area contributed by atoms with E-state index in [2.05, 4.69) is 15.0 Å². The fraction of sp³-hybridized carbons (Fsp3) is 0.333. The summed E-state index contributed by atoms with van der Waals surface area (Å²) in [5.41, 5.74) is 5.68. The lowest BCUT2D eigenvalue weighted by molar-refractivity contribution is 0.158. The van der Waals surface area contributed by atoms with E-state index in [1.165, 1.54) is 0 Å². The standard InChI is InChI=1S/C9H13N3O2/c1-11-8-4-2-3-7(12-8)5-6-14-9(10)13/h2-4H,5-6H2,1H3,(H2,10,13)(H,11,12). The third kappa shape index (κ3) is 3.30. The lowest BCUT2D eigenvalue weighted by Gasteiger charge is -2.03. The Morgan fingerprint density at radius 1 is 1.64 bits per heavy atom. The van der Waals surface area contributed by atoms with Gasteiger partial charge < -0.3 is 15.8 Å². The maximum atomic E-state index is 10.3. The Morgan fingerprint density at radius 3 is 3.07 bits per heavy atom. The van der Waals surface area contributed by atoms with Gasteiger partial charge >= 0.3 is 6.09 Å². The summed E-state index contributed by atoms with van der Waals surface area (Å²) in [6, 6.07) is 5.61. The predicted octanol–water partition coefficient (Wildman–Crippen LogP) is 0.761. The molecule has 0 radical (unpaired) electrons. The first-order chi connectivity index (χ1) is 6.72. The number of nitrogens with two attached hydrogens (primary N) is 1. The van der Waals surface area contributed by atoms with Crippen molar-refractivity contribution in [2.75, 3.05) is 19.0 Å². The van der Waals surface area contributed by atoms with Crippen molar-refractivity contribution >= 4 is 11.9 Å². The van der Waals surface area contributed by atoms with Gasteiger partial charge in [-0.1, -0.05) is 6.07 Å². The van der Waals surface area contributed by atoms with Gasteiger partial charge in [-0.25, -0.2) is 9.78 Å². The molecule has 76 valence electrons. The summed E-state index contributed by atoms with van der Waals surface area (Å²) in [5, 5.41) is 2.92. The monoisotopic (exact) mass is 195 g/mol. The molecule has 0 aliphatic heterocycles. The number of rotatable bonds is 4. The molecule has 0 aliphatic rings. The van der Waals surface area contributed by atoms with Crippen LogP contribution in [0.4, 0.5) is 10.6 Å². The Bertz CT molecular complexity index is 315. The Morgan fingerprint density at radius 2 is 2.43 bits per heavy atom. The van der Waals surface area contributed by atoms with E-state index in [4.69, 9.17) is 5.73 Å². The number of aromatic nitrogens is 1. The molecule has 0 aromatic carbocycles. The molecule has 3 N–H and O–H groups in total. The van der Waals surface area contributed by atoms with Crippen molar-refractivity contribution in [3.05, 3.63) is 23.9 Å². The van der Waals surface area contributed by atoms with E-state index in [0.29, 0.717) is 6.42 Å². The lowest BCUT2D eigenvalue weighted by atomic mass is 10.3. The normalized spacial score (nSPS) is 9.50. The minimum absolute atomic E-state index is 0.259. The second kappa shape index (κ2) is 5.06. The highest BCUT2D eigenvalue weighted by molar-refractivity contribution is 5.64. The van der Waals surface area contributed by atoms with Crippen molar-refractivity contribution in [1.82, 2.24) is 4.98 Å². The number of hydrogen-bond acceptors (Lipinski definition) is 4. The summed E-state index contributed by atoms with van der Waals surface area (Å²) in [6.07, 6.45) is -0.187. The summed E-state index contributed by atoms with van der Waals surface area (Å²) in [7, 11) is 1.80. The van der Waals surface area contributed by atoms with Gasteiger partial charge in [0.1, 0.15) is 5.82 Å². The van der Waals surface area contributed by atoms with Crippen LogP contribution in [-0.4, -0.2) is 24.7 Å². The molecule has 0 spiro atoms. The molecule has 0 saturated carbocycles. The van der Waals surface area contributed by atoms with Crippen LogP contribution in [0.2, 0.25) is 0 Å². The largest absolute Gasteiger partial charge is 0.449 e. The first-order valence-electron chi connectivity index (χ1n) is 4.28. The average molecular weight is 195 g/mol. The number of nitrogens with zero attached hydrogens (tertiary/aromatic N) is 1. The highest BCUT2D eigenvalue weighted by Gasteiger charge is 1.98. The molecule has 1 heterocycles. The second-order valence-electron chi connectivity index (χ2n) is 2.68. The van der Waals surface area contributed by atoms with Crippen LogP contribution in [-0.2, 0) is 11.2 Å². The third-order valence-corrected chi connectivity index (χ3v) is 1.67. The minimum Gasteiger partial charge on any atom is -0.449 e. The first-order valence-corrected chi connectivity index (χ1v) is 4.28. The number of carbonyl (C=O) groups excluding carboxylic acids is 1. The van der Waals surface area contributed by atoms with Gasteiger partial charge in [0.2, 0.25) is 0 Å². The van der Waals surface area contributed by atoms with Gasteiger partial charge in [-0.3, -0.25) is 0 Å². The maximum Gasteiger partial charge on any atom is 0.404 e. The Hall–Kier alpha value is -1.78. The molecular weight excluding hydrogens is 182 g/mol. The van der Waals surface area contributed by atoms with E-state index in [9.17, 15) is 4.79 Å². The van der Waals surface area contributed by atoms with Gasteiger partial charge in [0.15, 0.2) is 0 Å². The van der Waals surface area contributed by atoms with Crippen LogP contribution in [0.3, 0.4) is 0 Å². The molecule has 0 fully saturated rings. The molecule has 0 unspecified atom stereocenters. The van der Waals surface area contributed by atoms with Gasteiger partial charge in [0, 0.05) is 19.2 Å². The summed E-state index contributed by atoms with van der Waals surface area (Å²) >= 11 is 0. The van der Waals surface area contributed by atoms with Crippen molar-refractivity contribution in [3.63, 3.8) is 0 Å². The zero-order valence-corrected chi connectivity index (χ0v) is 7.99. The number of hydrogen-bond donors (Lipinski definition) is 2. The molecule has 0 atom stereocenters. The summed E-state index contributed by atoms with van der Waals surface area (Å²) < 4.78 is 4.60. The fourth-order valence-corrected chi connectivity index (χ4v) is 1.01. The van der Waals surface area contributed by atoms with E-state index in [-0.39, 0.29) is 6.61 Å². The highest BCUT2D eigenvalue weighted by atomic mass is 16.5. The zero-order valence-electron chi connectivity index (χ0n) is 7.99. The second-order valence-corrected chi connectivity index (χ2v) is 2.68. The number of pyridine rings is 1. The van der Waals surface area contributed by atoms with Crippen molar-refractivity contribution in [1.29, 1.82) is 0 Å². The maximum absolute atomic E-state index is 10.3. The van der Waals surface area contributed by atoms with Crippen LogP contribution in [0.1, 0.15) is 5.69 Å². The van der Waals surface area contributed by atoms with Crippen molar-refractivity contribution < 1.29 is 9.53 Å². The molecule has 0 aliphatic carbocycles. The van der Waals surface area contributed by atoms with Gasteiger partial charge in [-0.05, 0) is 12.1 Å². The summed E-state index contributed by atoms with van der Waals surface area (Å²) in [5.74, 6) is 0.793. The molecule has 1 aromatic rings. The quantitative estimate of drug-likeness (QED) is 0.743. The van der Waals surface area contributed by atoms with Gasteiger partial charge in [0.25, 0.3) is 0 Å². The number of ether oxygens (including phenoxy) is 1. The Kier molecular flexibility index (Phi) is 3.72. The van der Waals surface area contributed by atoms with E-state index in [1.54, 1.807) is 7.05 Å². The topological polar surface area (TPSA) is 77.2 Å². The van der Waals surface area contributed by atoms with Crippen molar-refractivity contribution in [2.24, 2.45) is 5.73 Å². The highest BCUT2D eigenvalue weighted by Crippen LogP contribution is 2.04. The smallest absolute Gasteiger partial charge is 0.404 e. The van der Waals surface area contributed by atoms with Crippen LogP contribution < -0.4 is 11.1 Å². The van der Waals surface area contributed by atoms with Crippen LogP contribution in [0.25, 0.3) is 0 Å². The minimum atomic E-state index is -0.755. The summed E-state index contributed by atoms with van der Waals surface area (Å²) in [6.45, 7) is 0.259. The molecule has 1 rings (SSSR count). The van der Waals surface area contributed by atoms with Gasteiger partial charge in [-0.15, -0.1) is 0 Å². The number of amides is 1. The van der Waals surface area contributed by atoms with E-state index in [1.807, 2.05) is 18.2 Å². The van der Waals surface area contributed by atoms with Crippen molar-refractivity contribution in [3.8, 4) is 0 Å². The summed E-state index contributed by atoms with van der Waals surface area (Å²) in [4.78, 5) is 14.5. The number of anilines is 1. The number of carbonyl (C=O) groups is 1. The van der Waals surface area contributed by atoms with Crippen LogP contribution in [0.15, 0.2) is 18.2 Å². The molecule has 1 aromatic heterocycles. The SMILES string of the molecule is CNc1cccc(CCOC(N)=O)n1. The molecule has 1 amide bonds.